The molecule has 0 saturated heterocycles. The summed E-state index contributed by atoms with van der Waals surface area (Å²) in [6.45, 7) is 5.79. The number of non-ortho nitro benzene ring substituents is 1. The number of rotatable bonds is 6. The summed E-state index contributed by atoms with van der Waals surface area (Å²) in [5, 5.41) is 11.0. The van der Waals surface area contributed by atoms with Crippen LogP contribution in [0.2, 0.25) is 0 Å². The molecular weight excluding hydrogens is 346 g/mol. The molecule has 0 spiro atoms. The first-order valence-corrected chi connectivity index (χ1v) is 8.67. The van der Waals surface area contributed by atoms with Crippen LogP contribution in [0.5, 0.6) is 0 Å². The first-order chi connectivity index (χ1) is 11.8. The molecule has 0 aliphatic carbocycles. The summed E-state index contributed by atoms with van der Waals surface area (Å²) >= 11 is 1.19. The fourth-order valence-corrected chi connectivity index (χ4v) is 3.23. The number of amides is 1. The predicted octanol–water partition coefficient (Wildman–Crippen LogP) is 2.65. The Labute approximate surface area is 147 Å². The van der Waals surface area contributed by atoms with E-state index >= 15 is 0 Å². The highest BCUT2D eigenvalue weighted by atomic mass is 32.1. The van der Waals surface area contributed by atoms with E-state index in [2.05, 4.69) is 4.99 Å². The number of hydrogen-bond acceptors (Lipinski definition) is 6. The van der Waals surface area contributed by atoms with Crippen LogP contribution in [-0.2, 0) is 20.9 Å². The van der Waals surface area contributed by atoms with Gasteiger partial charge in [-0.05, 0) is 13.0 Å². The van der Waals surface area contributed by atoms with Crippen molar-refractivity contribution >= 4 is 39.1 Å². The first-order valence-electron chi connectivity index (χ1n) is 7.85. The molecule has 1 aromatic heterocycles. The van der Waals surface area contributed by atoms with Crippen molar-refractivity contribution in [3.63, 3.8) is 0 Å². The molecule has 0 N–H and O–H groups in total. The van der Waals surface area contributed by atoms with Crippen LogP contribution in [0.4, 0.5) is 5.69 Å². The van der Waals surface area contributed by atoms with E-state index < -0.39 is 4.92 Å². The predicted molar refractivity (Wildman–Crippen MR) is 93.1 cm³/mol. The number of carbonyl (C=O) groups excluding carboxylic acids is 2. The number of nitro groups is 1. The number of esters is 1. The largest absolute Gasteiger partial charge is 0.466 e. The zero-order valence-corrected chi connectivity index (χ0v) is 15.0. The highest BCUT2D eigenvalue weighted by molar-refractivity contribution is 7.16. The third-order valence-corrected chi connectivity index (χ3v) is 4.46. The molecular formula is C16H19N3O5S. The minimum Gasteiger partial charge on any atom is -0.466 e. The Morgan fingerprint density at radius 2 is 2.12 bits per heavy atom. The van der Waals surface area contributed by atoms with Crippen LogP contribution in [0.3, 0.4) is 0 Å². The normalized spacial score (nSPS) is 11.9. The van der Waals surface area contributed by atoms with Crippen LogP contribution in [0.15, 0.2) is 23.2 Å². The molecule has 8 nitrogen and oxygen atoms in total. The van der Waals surface area contributed by atoms with E-state index in [0.717, 1.165) is 0 Å². The summed E-state index contributed by atoms with van der Waals surface area (Å²) in [5.41, 5.74) is 0.656. The molecule has 25 heavy (non-hydrogen) atoms. The average Bonchev–Trinajstić information content (AvgIpc) is 2.89. The fraction of sp³-hybridized carbons (Fsp3) is 0.438. The van der Waals surface area contributed by atoms with E-state index in [0.29, 0.717) is 21.6 Å². The summed E-state index contributed by atoms with van der Waals surface area (Å²) in [6, 6.07) is 4.44. The number of aryl methyl sites for hydroxylation is 1. The zero-order valence-electron chi connectivity index (χ0n) is 14.2. The molecule has 0 atom stereocenters. The molecule has 1 heterocycles. The van der Waals surface area contributed by atoms with Crippen LogP contribution >= 0.6 is 11.3 Å². The van der Waals surface area contributed by atoms with Crippen molar-refractivity contribution in [3.8, 4) is 0 Å². The molecule has 2 rings (SSSR count). The Bertz CT molecular complexity index is 882. The molecule has 1 aromatic carbocycles. The minimum absolute atomic E-state index is 0.0342. The molecule has 0 aliphatic rings. The third kappa shape index (κ3) is 4.50. The lowest BCUT2D eigenvalue weighted by atomic mass is 10.2. The van der Waals surface area contributed by atoms with Gasteiger partial charge < -0.3 is 9.30 Å². The average molecular weight is 365 g/mol. The number of carbonyl (C=O) groups is 2. The number of aromatic nitrogens is 1. The van der Waals surface area contributed by atoms with E-state index in [9.17, 15) is 19.7 Å². The van der Waals surface area contributed by atoms with Gasteiger partial charge >= 0.3 is 5.97 Å². The molecule has 9 heteroatoms. The standard InChI is InChI=1S/C16H19N3O5S/c1-4-24-14(20)7-8-18-12-6-5-11(19(22)23)9-13(12)25-16(18)17-15(21)10(2)3/h5-6,9-10H,4,7-8H2,1-3H3. The summed E-state index contributed by atoms with van der Waals surface area (Å²) in [5.74, 6) is -0.901. The van der Waals surface area contributed by atoms with E-state index in [1.54, 1.807) is 31.4 Å². The maximum Gasteiger partial charge on any atom is 0.307 e. The van der Waals surface area contributed by atoms with Gasteiger partial charge in [-0.1, -0.05) is 25.2 Å². The number of hydrogen-bond donors (Lipinski definition) is 0. The second-order valence-corrected chi connectivity index (χ2v) is 6.61. The zero-order chi connectivity index (χ0) is 18.6. The van der Waals surface area contributed by atoms with Crippen molar-refractivity contribution in [2.24, 2.45) is 10.9 Å². The molecule has 0 bridgehead atoms. The number of fused-ring (bicyclic) bond motifs is 1. The summed E-state index contributed by atoms with van der Waals surface area (Å²) in [4.78, 5) is 38.6. The highest BCUT2D eigenvalue weighted by Gasteiger charge is 2.14. The molecule has 0 radical (unpaired) electrons. The van der Waals surface area contributed by atoms with Crippen LogP contribution in [-0.4, -0.2) is 28.0 Å². The van der Waals surface area contributed by atoms with Gasteiger partial charge in [-0.3, -0.25) is 19.7 Å². The Kier molecular flexibility index (Phi) is 6.02. The summed E-state index contributed by atoms with van der Waals surface area (Å²) < 4.78 is 7.28. The van der Waals surface area contributed by atoms with Crippen molar-refractivity contribution in [3.05, 3.63) is 33.1 Å². The van der Waals surface area contributed by atoms with Gasteiger partial charge in [-0.2, -0.15) is 4.99 Å². The van der Waals surface area contributed by atoms with Crippen molar-refractivity contribution in [2.75, 3.05) is 6.61 Å². The van der Waals surface area contributed by atoms with E-state index in [1.807, 2.05) is 0 Å². The van der Waals surface area contributed by atoms with Crippen molar-refractivity contribution in [1.29, 1.82) is 0 Å². The topological polar surface area (TPSA) is 104 Å². The van der Waals surface area contributed by atoms with Gasteiger partial charge in [0.05, 0.1) is 28.2 Å². The number of nitro benzene ring substituents is 1. The lowest BCUT2D eigenvalue weighted by Gasteiger charge is -2.05. The SMILES string of the molecule is CCOC(=O)CCn1c(=NC(=O)C(C)C)sc2cc([N+](=O)[O-])ccc21. The quantitative estimate of drug-likeness (QED) is 0.445. The Hall–Kier alpha value is -2.55. The van der Waals surface area contributed by atoms with Gasteiger partial charge in [0, 0.05) is 24.6 Å². The summed E-state index contributed by atoms with van der Waals surface area (Å²) in [7, 11) is 0. The smallest absolute Gasteiger partial charge is 0.307 e. The molecule has 0 fully saturated rings. The molecule has 0 saturated carbocycles. The maximum atomic E-state index is 12.0. The van der Waals surface area contributed by atoms with E-state index in [4.69, 9.17) is 4.74 Å². The highest BCUT2D eigenvalue weighted by Crippen LogP contribution is 2.23. The first kappa shape index (κ1) is 18.8. The van der Waals surface area contributed by atoms with Gasteiger partial charge in [-0.25, -0.2) is 0 Å². The molecule has 1 amide bonds. The number of thiazole rings is 1. The Morgan fingerprint density at radius 3 is 2.72 bits per heavy atom. The van der Waals surface area contributed by atoms with E-state index in [1.165, 1.54) is 23.5 Å². The second-order valence-electron chi connectivity index (χ2n) is 5.61. The molecule has 2 aromatic rings. The maximum absolute atomic E-state index is 12.0. The lowest BCUT2D eigenvalue weighted by molar-refractivity contribution is -0.384. The molecule has 0 unspecified atom stereocenters. The van der Waals surface area contributed by atoms with Crippen LogP contribution in [0.1, 0.15) is 27.2 Å². The number of nitrogens with zero attached hydrogens (tertiary/aromatic N) is 3. The van der Waals surface area contributed by atoms with Crippen molar-refractivity contribution < 1.29 is 19.2 Å². The number of benzene rings is 1. The van der Waals surface area contributed by atoms with E-state index in [-0.39, 0.29) is 36.4 Å². The lowest BCUT2D eigenvalue weighted by Crippen LogP contribution is -2.20. The second kappa shape index (κ2) is 8.02. The minimum atomic E-state index is -0.474. The molecule has 0 aliphatic heterocycles. The van der Waals surface area contributed by atoms with Gasteiger partial charge in [0.1, 0.15) is 0 Å². The monoisotopic (exact) mass is 365 g/mol. The summed E-state index contributed by atoms with van der Waals surface area (Å²) in [6.07, 6.45) is 0.125. The molecule has 134 valence electrons. The van der Waals surface area contributed by atoms with Crippen LogP contribution < -0.4 is 4.80 Å². The van der Waals surface area contributed by atoms with Gasteiger partial charge in [0.25, 0.3) is 11.6 Å². The fourth-order valence-electron chi connectivity index (χ4n) is 2.14. The van der Waals surface area contributed by atoms with Gasteiger partial charge in [0.2, 0.25) is 0 Å². The Balaban J connectivity index is 2.51. The van der Waals surface area contributed by atoms with Crippen LogP contribution in [0.25, 0.3) is 10.2 Å². The Morgan fingerprint density at radius 1 is 1.40 bits per heavy atom. The van der Waals surface area contributed by atoms with Crippen molar-refractivity contribution in [1.82, 2.24) is 4.57 Å². The van der Waals surface area contributed by atoms with Crippen LogP contribution in [0, 0.1) is 16.0 Å². The van der Waals surface area contributed by atoms with Crippen molar-refractivity contribution in [2.45, 2.75) is 33.7 Å². The number of ether oxygens (including phenoxy) is 1. The third-order valence-electron chi connectivity index (χ3n) is 3.42. The van der Waals surface area contributed by atoms with Gasteiger partial charge in [0.15, 0.2) is 4.80 Å². The van der Waals surface area contributed by atoms with Gasteiger partial charge in [-0.15, -0.1) is 0 Å².